The number of carbonyl (C=O) groups is 2. The molecule has 5 nitrogen and oxygen atoms in total. The van der Waals surface area contributed by atoms with Crippen molar-refractivity contribution < 1.29 is 14.7 Å². The van der Waals surface area contributed by atoms with E-state index in [1.54, 1.807) is 11.0 Å². The van der Waals surface area contributed by atoms with Crippen LogP contribution in [-0.4, -0.2) is 41.5 Å². The van der Waals surface area contributed by atoms with E-state index in [0.717, 1.165) is 5.56 Å². The Bertz CT molecular complexity index is 487. The number of amides is 1. The van der Waals surface area contributed by atoms with Crippen LogP contribution in [0.25, 0.3) is 0 Å². The van der Waals surface area contributed by atoms with Gasteiger partial charge >= 0.3 is 5.97 Å². The van der Waals surface area contributed by atoms with Crippen LogP contribution < -0.4 is 5.32 Å². The van der Waals surface area contributed by atoms with Crippen LogP contribution in [0.5, 0.6) is 0 Å². The molecule has 0 unspecified atom stereocenters. The SMILES string of the molecule is O=C(CN1CC(C(=O)O)C1)NCc1ccccc1Cl. The predicted octanol–water partition coefficient (Wildman–Crippen LogP) is 0.973. The van der Waals surface area contributed by atoms with Gasteiger partial charge in [0.05, 0.1) is 12.5 Å². The molecule has 2 rings (SSSR count). The zero-order chi connectivity index (χ0) is 13.8. The minimum absolute atomic E-state index is 0.122. The minimum Gasteiger partial charge on any atom is -0.481 e. The Labute approximate surface area is 116 Å². The molecule has 0 aliphatic carbocycles. The molecule has 0 atom stereocenters. The van der Waals surface area contributed by atoms with Crippen molar-refractivity contribution in [3.05, 3.63) is 34.9 Å². The van der Waals surface area contributed by atoms with Gasteiger partial charge in [0.1, 0.15) is 0 Å². The molecule has 19 heavy (non-hydrogen) atoms. The third-order valence-corrected chi connectivity index (χ3v) is 3.48. The van der Waals surface area contributed by atoms with Crippen LogP contribution in [0.2, 0.25) is 5.02 Å². The lowest BCUT2D eigenvalue weighted by atomic mass is 10.0. The number of carboxylic acids is 1. The number of nitrogens with one attached hydrogen (secondary N) is 1. The topological polar surface area (TPSA) is 69.6 Å². The van der Waals surface area contributed by atoms with E-state index < -0.39 is 5.97 Å². The average Bonchev–Trinajstić information content (AvgIpc) is 2.31. The number of aliphatic carboxylic acids is 1. The molecular formula is C13H15ClN2O3. The lowest BCUT2D eigenvalue weighted by Crippen LogP contribution is -2.53. The first-order valence-corrected chi connectivity index (χ1v) is 6.39. The first kappa shape index (κ1) is 13.8. The van der Waals surface area contributed by atoms with Gasteiger partial charge in [-0.2, -0.15) is 0 Å². The van der Waals surface area contributed by atoms with E-state index in [-0.39, 0.29) is 18.4 Å². The number of hydrogen-bond acceptors (Lipinski definition) is 3. The van der Waals surface area contributed by atoms with Gasteiger partial charge in [-0.05, 0) is 11.6 Å². The van der Waals surface area contributed by atoms with E-state index in [9.17, 15) is 9.59 Å². The fourth-order valence-electron chi connectivity index (χ4n) is 1.95. The van der Waals surface area contributed by atoms with Crippen LogP contribution in [0.1, 0.15) is 5.56 Å². The molecule has 2 N–H and O–H groups in total. The maximum Gasteiger partial charge on any atom is 0.309 e. The second-order valence-corrected chi connectivity index (χ2v) is 5.00. The molecule has 0 radical (unpaired) electrons. The van der Waals surface area contributed by atoms with E-state index in [1.807, 2.05) is 18.2 Å². The Morgan fingerprint density at radius 2 is 2.05 bits per heavy atom. The van der Waals surface area contributed by atoms with Crippen LogP contribution in [0, 0.1) is 5.92 Å². The molecule has 0 aromatic heterocycles. The van der Waals surface area contributed by atoms with Gasteiger partial charge in [-0.3, -0.25) is 14.5 Å². The van der Waals surface area contributed by atoms with Crippen molar-refractivity contribution in [2.45, 2.75) is 6.54 Å². The zero-order valence-electron chi connectivity index (χ0n) is 10.3. The summed E-state index contributed by atoms with van der Waals surface area (Å²) in [6.07, 6.45) is 0. The van der Waals surface area contributed by atoms with Crippen molar-refractivity contribution in [3.63, 3.8) is 0 Å². The van der Waals surface area contributed by atoms with Gasteiger partial charge in [0.2, 0.25) is 5.91 Å². The van der Waals surface area contributed by atoms with Crippen LogP contribution in [0.4, 0.5) is 0 Å². The molecule has 102 valence electrons. The summed E-state index contributed by atoms with van der Waals surface area (Å²) in [5, 5.41) is 12.1. The van der Waals surface area contributed by atoms with Crippen LogP contribution in [0.3, 0.4) is 0 Å². The highest BCUT2D eigenvalue weighted by atomic mass is 35.5. The third-order valence-electron chi connectivity index (χ3n) is 3.11. The van der Waals surface area contributed by atoms with Gasteiger partial charge in [0.25, 0.3) is 0 Å². The van der Waals surface area contributed by atoms with E-state index in [2.05, 4.69) is 5.32 Å². The quantitative estimate of drug-likeness (QED) is 0.844. The van der Waals surface area contributed by atoms with Gasteiger partial charge in [-0.15, -0.1) is 0 Å². The first-order valence-electron chi connectivity index (χ1n) is 6.01. The first-order chi connectivity index (χ1) is 9.06. The number of carbonyl (C=O) groups excluding carboxylic acids is 1. The number of nitrogens with zero attached hydrogens (tertiary/aromatic N) is 1. The Hall–Kier alpha value is -1.59. The second-order valence-electron chi connectivity index (χ2n) is 4.60. The molecule has 0 saturated carbocycles. The van der Waals surface area contributed by atoms with Gasteiger partial charge in [-0.25, -0.2) is 0 Å². The van der Waals surface area contributed by atoms with E-state index in [1.165, 1.54) is 0 Å². The second kappa shape index (κ2) is 6.04. The Morgan fingerprint density at radius 3 is 2.68 bits per heavy atom. The molecule has 1 fully saturated rings. The van der Waals surface area contributed by atoms with E-state index >= 15 is 0 Å². The highest BCUT2D eigenvalue weighted by Crippen LogP contribution is 2.16. The Balaban J connectivity index is 1.72. The summed E-state index contributed by atoms with van der Waals surface area (Å²) in [7, 11) is 0. The summed E-state index contributed by atoms with van der Waals surface area (Å²) < 4.78 is 0. The lowest BCUT2D eigenvalue weighted by molar-refractivity contribution is -0.148. The summed E-state index contributed by atoms with van der Waals surface area (Å²) in [6, 6.07) is 7.32. The summed E-state index contributed by atoms with van der Waals surface area (Å²) in [5.74, 6) is -1.26. The molecule has 1 saturated heterocycles. The standard InChI is InChI=1S/C13H15ClN2O3/c14-11-4-2-1-3-9(11)5-15-12(17)8-16-6-10(7-16)13(18)19/h1-4,10H,5-8H2,(H,15,17)(H,18,19). The number of hydrogen-bond donors (Lipinski definition) is 2. The van der Waals surface area contributed by atoms with Crippen LogP contribution in [-0.2, 0) is 16.1 Å². The van der Waals surface area contributed by atoms with Crippen LogP contribution in [0.15, 0.2) is 24.3 Å². The van der Waals surface area contributed by atoms with E-state index in [0.29, 0.717) is 24.7 Å². The normalized spacial score (nSPS) is 15.8. The van der Waals surface area contributed by atoms with Crippen molar-refractivity contribution in [1.82, 2.24) is 10.2 Å². The number of rotatable bonds is 5. The van der Waals surface area contributed by atoms with Crippen molar-refractivity contribution in [2.75, 3.05) is 19.6 Å². The molecular weight excluding hydrogens is 268 g/mol. The fourth-order valence-corrected chi connectivity index (χ4v) is 2.15. The molecule has 1 aliphatic heterocycles. The van der Waals surface area contributed by atoms with Crippen molar-refractivity contribution in [2.24, 2.45) is 5.92 Å². The van der Waals surface area contributed by atoms with Crippen molar-refractivity contribution in [1.29, 1.82) is 0 Å². The lowest BCUT2D eigenvalue weighted by Gasteiger charge is -2.35. The smallest absolute Gasteiger partial charge is 0.309 e. The van der Waals surface area contributed by atoms with Gasteiger partial charge < -0.3 is 10.4 Å². The van der Waals surface area contributed by atoms with Gasteiger partial charge in [-0.1, -0.05) is 29.8 Å². The van der Waals surface area contributed by atoms with Gasteiger partial charge in [0, 0.05) is 24.7 Å². The molecule has 1 aromatic rings. The molecule has 0 spiro atoms. The Kier molecular flexibility index (Phi) is 4.39. The number of likely N-dealkylation sites (tertiary alicyclic amines) is 1. The van der Waals surface area contributed by atoms with Crippen molar-refractivity contribution >= 4 is 23.5 Å². The summed E-state index contributed by atoms with van der Waals surface area (Å²) in [4.78, 5) is 24.1. The highest BCUT2D eigenvalue weighted by molar-refractivity contribution is 6.31. The van der Waals surface area contributed by atoms with Gasteiger partial charge in [0.15, 0.2) is 0 Å². The van der Waals surface area contributed by atoms with Crippen LogP contribution >= 0.6 is 11.6 Å². The van der Waals surface area contributed by atoms with E-state index in [4.69, 9.17) is 16.7 Å². The summed E-state index contributed by atoms with van der Waals surface area (Å²) in [5.41, 5.74) is 0.865. The monoisotopic (exact) mass is 282 g/mol. The predicted molar refractivity (Wildman–Crippen MR) is 70.9 cm³/mol. The molecule has 1 amide bonds. The largest absolute Gasteiger partial charge is 0.481 e. The number of benzene rings is 1. The molecule has 1 aromatic carbocycles. The molecule has 0 bridgehead atoms. The molecule has 1 heterocycles. The van der Waals surface area contributed by atoms with Crippen molar-refractivity contribution in [3.8, 4) is 0 Å². The third kappa shape index (κ3) is 3.68. The number of carboxylic acid groups (broad SMARTS) is 1. The maximum absolute atomic E-state index is 11.7. The Morgan fingerprint density at radius 1 is 1.37 bits per heavy atom. The number of halogens is 1. The zero-order valence-corrected chi connectivity index (χ0v) is 11.1. The molecule has 6 heteroatoms. The highest BCUT2D eigenvalue weighted by Gasteiger charge is 2.33. The maximum atomic E-state index is 11.7. The minimum atomic E-state index is -0.798. The molecule has 1 aliphatic rings. The average molecular weight is 283 g/mol. The fraction of sp³-hybridized carbons (Fsp3) is 0.385. The summed E-state index contributed by atoms with van der Waals surface area (Å²) in [6.45, 7) is 1.49. The summed E-state index contributed by atoms with van der Waals surface area (Å²) >= 11 is 5.98.